The van der Waals surface area contributed by atoms with Gasteiger partial charge in [-0.15, -0.1) is 0 Å². The van der Waals surface area contributed by atoms with Crippen molar-refractivity contribution in [3.63, 3.8) is 0 Å². The summed E-state index contributed by atoms with van der Waals surface area (Å²) in [5.74, 6) is 0.664. The van der Waals surface area contributed by atoms with Crippen LogP contribution in [0.5, 0.6) is 0 Å². The number of likely N-dealkylation sites (tertiary alicyclic amines) is 1. The van der Waals surface area contributed by atoms with Crippen LogP contribution in [0.1, 0.15) is 18.1 Å². The van der Waals surface area contributed by atoms with Gasteiger partial charge in [0.25, 0.3) is 0 Å². The summed E-state index contributed by atoms with van der Waals surface area (Å²) in [4.78, 5) is 5.96. The molecule has 2 atom stereocenters. The Morgan fingerprint density at radius 2 is 2.21 bits per heavy atom. The normalized spacial score (nSPS) is 26.4. The van der Waals surface area contributed by atoms with E-state index in [0.717, 1.165) is 11.0 Å². The van der Waals surface area contributed by atoms with Crippen molar-refractivity contribution in [1.82, 2.24) is 9.88 Å². The minimum absolute atomic E-state index is 0.553. The van der Waals surface area contributed by atoms with E-state index in [1.807, 2.05) is 0 Å². The molecule has 0 radical (unpaired) electrons. The fraction of sp³-hybridized carbons (Fsp3) is 0.375. The first-order valence-corrected chi connectivity index (χ1v) is 7.65. The Morgan fingerprint density at radius 1 is 1.37 bits per heavy atom. The molecule has 0 unspecified atom stereocenters. The van der Waals surface area contributed by atoms with Crippen molar-refractivity contribution in [1.29, 1.82) is 0 Å². The minimum Gasteiger partial charge on any atom is -0.349 e. The summed E-state index contributed by atoms with van der Waals surface area (Å²) in [6.07, 6.45) is 3.53. The number of aromatic amines is 1. The molecule has 19 heavy (non-hydrogen) atoms. The van der Waals surface area contributed by atoms with Crippen LogP contribution in [0.2, 0.25) is 0 Å². The number of likely N-dealkylation sites (N-methyl/N-ethyl adjacent to an activating group) is 1. The maximum Gasteiger partial charge on any atom is 0.0864 e. The molecule has 2 aromatic rings. The second-order valence-corrected chi connectivity index (χ2v) is 6.69. The molecular formula is C16H17BrN2. The van der Waals surface area contributed by atoms with E-state index in [0.29, 0.717) is 12.0 Å². The summed E-state index contributed by atoms with van der Waals surface area (Å²) in [6.45, 7) is 3.52. The van der Waals surface area contributed by atoms with E-state index in [2.05, 4.69) is 64.1 Å². The number of hydrogen-bond acceptors (Lipinski definition) is 1. The zero-order valence-electron chi connectivity index (χ0n) is 11.2. The van der Waals surface area contributed by atoms with Gasteiger partial charge in [-0.05, 0) is 58.1 Å². The molecule has 1 aromatic heterocycles. The summed E-state index contributed by atoms with van der Waals surface area (Å²) in [5.41, 5.74) is 5.64. The lowest BCUT2D eigenvalue weighted by molar-refractivity contribution is 0.320. The summed E-state index contributed by atoms with van der Waals surface area (Å²) in [7, 11) is 2.25. The predicted molar refractivity (Wildman–Crippen MR) is 83.3 cm³/mol. The molecule has 1 aliphatic carbocycles. The zero-order chi connectivity index (χ0) is 13.1. The van der Waals surface area contributed by atoms with E-state index in [-0.39, 0.29) is 0 Å². The number of rotatable bonds is 0. The fourth-order valence-electron chi connectivity index (χ4n) is 3.76. The minimum atomic E-state index is 0.553. The van der Waals surface area contributed by atoms with Crippen molar-refractivity contribution >= 4 is 32.9 Å². The van der Waals surface area contributed by atoms with Gasteiger partial charge in [0.1, 0.15) is 0 Å². The first-order chi connectivity index (χ1) is 9.15. The van der Waals surface area contributed by atoms with Gasteiger partial charge in [-0.1, -0.05) is 25.1 Å². The molecule has 4 rings (SSSR count). The Balaban J connectivity index is 2.03. The van der Waals surface area contributed by atoms with Crippen molar-refractivity contribution in [2.24, 2.45) is 5.92 Å². The van der Waals surface area contributed by atoms with Gasteiger partial charge in [-0.3, -0.25) is 4.90 Å². The summed E-state index contributed by atoms with van der Waals surface area (Å²) in [5, 5.41) is 1.40. The standard InChI is InChI=1S/C16H17BrN2/c1-9-8-19(2)14-7-12-15-10(6-11(9)14)4-3-5-13(15)18-16(12)17/h3-6,9,14,18H,7-8H2,1-2H3/t9-,14+/m0/s1. The van der Waals surface area contributed by atoms with E-state index in [9.17, 15) is 0 Å². The third-order valence-corrected chi connectivity index (χ3v) is 5.35. The highest BCUT2D eigenvalue weighted by molar-refractivity contribution is 9.10. The molecule has 1 aliphatic heterocycles. The number of hydrogen-bond donors (Lipinski definition) is 1. The molecule has 98 valence electrons. The smallest absolute Gasteiger partial charge is 0.0864 e. The lowest BCUT2D eigenvalue weighted by atomic mass is 9.96. The zero-order valence-corrected chi connectivity index (χ0v) is 12.8. The molecule has 2 nitrogen and oxygen atoms in total. The lowest BCUT2D eigenvalue weighted by Gasteiger charge is -2.19. The average Bonchev–Trinajstić information content (AvgIpc) is 2.74. The number of aromatic nitrogens is 1. The van der Waals surface area contributed by atoms with Crippen molar-refractivity contribution in [3.05, 3.63) is 39.5 Å². The second kappa shape index (κ2) is 3.97. The second-order valence-electron chi connectivity index (χ2n) is 5.89. The first-order valence-electron chi connectivity index (χ1n) is 6.86. The van der Waals surface area contributed by atoms with Gasteiger partial charge in [0, 0.05) is 23.5 Å². The largest absolute Gasteiger partial charge is 0.349 e. The molecule has 2 aliphatic rings. The summed E-state index contributed by atoms with van der Waals surface area (Å²) < 4.78 is 1.15. The number of nitrogens with zero attached hydrogens (tertiary/aromatic N) is 1. The van der Waals surface area contributed by atoms with Crippen molar-refractivity contribution in [2.45, 2.75) is 19.4 Å². The number of benzene rings is 1. The van der Waals surface area contributed by atoms with Crippen LogP contribution in [0, 0.1) is 5.92 Å². The number of fused-ring (bicyclic) bond motifs is 1. The van der Waals surface area contributed by atoms with Crippen LogP contribution in [-0.2, 0) is 6.42 Å². The molecule has 1 saturated heterocycles. The van der Waals surface area contributed by atoms with E-state index >= 15 is 0 Å². The number of halogens is 1. The van der Waals surface area contributed by atoms with E-state index < -0.39 is 0 Å². The summed E-state index contributed by atoms with van der Waals surface area (Å²) in [6, 6.07) is 7.11. The number of nitrogens with one attached hydrogen (secondary N) is 1. The molecule has 3 heteroatoms. The Bertz CT molecular complexity index is 698. The molecular weight excluding hydrogens is 300 g/mol. The maximum atomic E-state index is 3.71. The first kappa shape index (κ1) is 11.7. The van der Waals surface area contributed by atoms with Crippen molar-refractivity contribution < 1.29 is 0 Å². The van der Waals surface area contributed by atoms with Crippen LogP contribution in [0.25, 0.3) is 17.0 Å². The van der Waals surface area contributed by atoms with Crippen molar-refractivity contribution in [3.8, 4) is 0 Å². The van der Waals surface area contributed by atoms with E-state index in [4.69, 9.17) is 0 Å². The van der Waals surface area contributed by atoms with Crippen LogP contribution < -0.4 is 0 Å². The van der Waals surface area contributed by atoms with Crippen LogP contribution in [0.15, 0.2) is 28.4 Å². The molecule has 0 bridgehead atoms. The third-order valence-electron chi connectivity index (χ3n) is 4.68. The van der Waals surface area contributed by atoms with Gasteiger partial charge in [0.15, 0.2) is 0 Å². The molecule has 1 N–H and O–H groups in total. The van der Waals surface area contributed by atoms with Crippen LogP contribution in [0.4, 0.5) is 0 Å². The molecule has 2 heterocycles. The van der Waals surface area contributed by atoms with Gasteiger partial charge >= 0.3 is 0 Å². The van der Waals surface area contributed by atoms with Gasteiger partial charge in [-0.2, -0.15) is 0 Å². The van der Waals surface area contributed by atoms with Gasteiger partial charge in [0.2, 0.25) is 0 Å². The van der Waals surface area contributed by atoms with Gasteiger partial charge in [0.05, 0.1) is 4.60 Å². The van der Waals surface area contributed by atoms with Crippen LogP contribution in [0.3, 0.4) is 0 Å². The highest BCUT2D eigenvalue weighted by atomic mass is 79.9. The predicted octanol–water partition coefficient (Wildman–Crippen LogP) is 3.82. The molecule has 0 spiro atoms. The van der Waals surface area contributed by atoms with E-state index in [1.54, 1.807) is 5.57 Å². The fourth-order valence-corrected chi connectivity index (χ4v) is 4.33. The third kappa shape index (κ3) is 1.58. The molecule has 0 amide bonds. The average molecular weight is 317 g/mol. The van der Waals surface area contributed by atoms with Crippen LogP contribution in [-0.4, -0.2) is 29.5 Å². The quantitative estimate of drug-likeness (QED) is 0.783. The van der Waals surface area contributed by atoms with Gasteiger partial charge < -0.3 is 4.98 Å². The molecule has 1 fully saturated rings. The maximum absolute atomic E-state index is 3.71. The lowest BCUT2D eigenvalue weighted by Crippen LogP contribution is -2.27. The Labute approximate surface area is 121 Å². The monoisotopic (exact) mass is 316 g/mol. The Hall–Kier alpha value is -1.06. The highest BCUT2D eigenvalue weighted by Gasteiger charge is 2.34. The van der Waals surface area contributed by atoms with E-state index in [1.165, 1.54) is 28.6 Å². The molecule has 1 aromatic carbocycles. The van der Waals surface area contributed by atoms with Gasteiger partial charge in [-0.25, -0.2) is 0 Å². The SMILES string of the molecule is C[C@H]1CN(C)[C@@H]2Cc3c(Br)[nH]c4cccc(c34)C=C21. The summed E-state index contributed by atoms with van der Waals surface area (Å²) >= 11 is 3.71. The molecule has 0 saturated carbocycles. The van der Waals surface area contributed by atoms with Crippen molar-refractivity contribution in [2.75, 3.05) is 13.6 Å². The number of H-pyrrole nitrogens is 1. The highest BCUT2D eigenvalue weighted by Crippen LogP contribution is 2.40. The van der Waals surface area contributed by atoms with Crippen LogP contribution >= 0.6 is 15.9 Å². The topological polar surface area (TPSA) is 19.0 Å². The Kier molecular flexibility index (Phi) is 2.45. The Morgan fingerprint density at radius 3 is 3.05 bits per heavy atom.